The molecule has 4 aromatic rings. The zero-order valence-electron chi connectivity index (χ0n) is 18.5. The molecule has 0 saturated carbocycles. The third-order valence-electron chi connectivity index (χ3n) is 5.61. The number of hydrogen-bond donors (Lipinski definition) is 2. The molecule has 178 valence electrons. The van der Waals surface area contributed by atoms with E-state index in [-0.39, 0.29) is 5.56 Å². The van der Waals surface area contributed by atoms with Gasteiger partial charge >= 0.3 is 6.18 Å². The second kappa shape index (κ2) is 8.88. The van der Waals surface area contributed by atoms with Crippen LogP contribution in [0.15, 0.2) is 76.6 Å². The normalized spacial score (nSPS) is 15.0. The lowest BCUT2D eigenvalue weighted by Gasteiger charge is -2.26. The highest BCUT2D eigenvalue weighted by atomic mass is 19.4. The first-order chi connectivity index (χ1) is 16.8. The van der Waals surface area contributed by atoms with Crippen molar-refractivity contribution in [2.45, 2.75) is 12.5 Å². The number of pyridine rings is 2. The van der Waals surface area contributed by atoms with Gasteiger partial charge in [-0.3, -0.25) is 24.7 Å². The smallest absolute Gasteiger partial charge is 0.401 e. The van der Waals surface area contributed by atoms with Crippen LogP contribution in [0.4, 0.5) is 19.0 Å². The van der Waals surface area contributed by atoms with Gasteiger partial charge in [0.25, 0.3) is 5.56 Å². The molecule has 0 bridgehead atoms. The molecule has 7 nitrogen and oxygen atoms in total. The molecule has 5 rings (SSSR count). The monoisotopic (exact) mass is 479 g/mol. The molecule has 1 aliphatic heterocycles. The fourth-order valence-corrected chi connectivity index (χ4v) is 3.95. The molecule has 2 aromatic heterocycles. The molecule has 0 aliphatic carbocycles. The number of ether oxygens (including phenoxy) is 1. The van der Waals surface area contributed by atoms with Crippen molar-refractivity contribution >= 4 is 22.9 Å². The van der Waals surface area contributed by atoms with Crippen LogP contribution in [0.2, 0.25) is 0 Å². The number of nitrogens with zero attached hydrogens (tertiary/aromatic N) is 3. The lowest BCUT2D eigenvalue weighted by Crippen LogP contribution is -2.43. The standard InChI is InChI=1S/C25H20F3N5O2/c1-35-19-7-5-18(6-8-19)33-22-17(13-30-24(32-22)31-14-25(26,27)28)12-20(23(33)34)15-4-9-21-16(11-15)3-2-10-29-21/h2-13,24,31-32H,14H2,1H3. The summed E-state index contributed by atoms with van der Waals surface area (Å²) >= 11 is 0. The maximum Gasteiger partial charge on any atom is 0.401 e. The number of aromatic nitrogens is 2. The van der Waals surface area contributed by atoms with Gasteiger partial charge < -0.3 is 10.1 Å². The topological polar surface area (TPSA) is 80.5 Å². The number of fused-ring (bicyclic) bond motifs is 2. The van der Waals surface area contributed by atoms with Gasteiger partial charge in [-0.15, -0.1) is 0 Å². The van der Waals surface area contributed by atoms with Crippen molar-refractivity contribution in [1.29, 1.82) is 0 Å². The molecule has 1 aliphatic rings. The van der Waals surface area contributed by atoms with Crippen LogP contribution in [-0.4, -0.2) is 41.9 Å². The lowest BCUT2D eigenvalue weighted by atomic mass is 10.0. The molecule has 10 heteroatoms. The van der Waals surface area contributed by atoms with Crippen molar-refractivity contribution in [3.05, 3.63) is 82.8 Å². The predicted molar refractivity (Wildman–Crippen MR) is 128 cm³/mol. The van der Waals surface area contributed by atoms with Crippen molar-refractivity contribution in [3.63, 3.8) is 0 Å². The molecule has 3 heterocycles. The average molecular weight is 479 g/mol. The summed E-state index contributed by atoms with van der Waals surface area (Å²) in [5.74, 6) is 0.939. The van der Waals surface area contributed by atoms with E-state index in [1.165, 1.54) is 17.9 Å². The molecular weight excluding hydrogens is 459 g/mol. The van der Waals surface area contributed by atoms with E-state index in [4.69, 9.17) is 4.74 Å². The van der Waals surface area contributed by atoms with E-state index in [1.807, 2.05) is 30.3 Å². The number of benzene rings is 2. The zero-order chi connectivity index (χ0) is 24.6. The summed E-state index contributed by atoms with van der Waals surface area (Å²) in [6, 6.07) is 17.8. The van der Waals surface area contributed by atoms with Gasteiger partial charge in [0.2, 0.25) is 0 Å². The highest BCUT2D eigenvalue weighted by Crippen LogP contribution is 2.28. The van der Waals surface area contributed by atoms with E-state index in [9.17, 15) is 18.0 Å². The Morgan fingerprint density at radius 2 is 1.91 bits per heavy atom. The molecule has 0 saturated heterocycles. The summed E-state index contributed by atoms with van der Waals surface area (Å²) < 4.78 is 44.8. The summed E-state index contributed by atoms with van der Waals surface area (Å²) in [5.41, 5.74) is 2.65. The molecular formula is C25H20F3N5O2. The van der Waals surface area contributed by atoms with Gasteiger partial charge in [0.05, 0.1) is 24.9 Å². The fourth-order valence-electron chi connectivity index (χ4n) is 3.95. The molecule has 2 aromatic carbocycles. The number of nitrogens with one attached hydrogen (secondary N) is 2. The first-order valence-electron chi connectivity index (χ1n) is 10.7. The van der Waals surface area contributed by atoms with Gasteiger partial charge in [0, 0.05) is 28.9 Å². The Bertz CT molecular complexity index is 1480. The lowest BCUT2D eigenvalue weighted by molar-refractivity contribution is -0.125. The van der Waals surface area contributed by atoms with Crippen LogP contribution in [0.5, 0.6) is 5.75 Å². The Morgan fingerprint density at radius 3 is 2.66 bits per heavy atom. The zero-order valence-corrected chi connectivity index (χ0v) is 18.5. The van der Waals surface area contributed by atoms with E-state index in [2.05, 4.69) is 20.6 Å². The van der Waals surface area contributed by atoms with Crippen LogP contribution < -0.4 is 20.9 Å². The first-order valence-corrected chi connectivity index (χ1v) is 10.7. The number of halogens is 3. The third kappa shape index (κ3) is 4.60. The van der Waals surface area contributed by atoms with Crippen molar-refractivity contribution in [1.82, 2.24) is 14.9 Å². The maximum atomic E-state index is 13.8. The van der Waals surface area contributed by atoms with Crippen molar-refractivity contribution in [2.24, 2.45) is 4.99 Å². The molecule has 0 amide bonds. The highest BCUT2D eigenvalue weighted by Gasteiger charge is 2.29. The molecule has 0 fully saturated rings. The summed E-state index contributed by atoms with van der Waals surface area (Å²) in [6.45, 7) is -1.23. The van der Waals surface area contributed by atoms with Crippen molar-refractivity contribution in [3.8, 4) is 22.6 Å². The second-order valence-electron chi connectivity index (χ2n) is 7.93. The van der Waals surface area contributed by atoms with Gasteiger partial charge in [0.1, 0.15) is 11.6 Å². The van der Waals surface area contributed by atoms with Crippen LogP contribution in [0.1, 0.15) is 5.56 Å². The van der Waals surface area contributed by atoms with E-state index in [0.29, 0.717) is 33.9 Å². The summed E-state index contributed by atoms with van der Waals surface area (Å²) in [4.78, 5) is 22.3. The van der Waals surface area contributed by atoms with E-state index in [1.54, 1.807) is 36.5 Å². The third-order valence-corrected chi connectivity index (χ3v) is 5.61. The minimum Gasteiger partial charge on any atom is -0.497 e. The van der Waals surface area contributed by atoms with Crippen LogP contribution in [0, 0.1) is 0 Å². The number of methoxy groups -OCH3 is 1. The first kappa shape index (κ1) is 22.6. The van der Waals surface area contributed by atoms with Crippen LogP contribution in [0.3, 0.4) is 0 Å². The Hall–Kier alpha value is -4.18. The molecule has 1 atom stereocenters. The Morgan fingerprint density at radius 1 is 1.11 bits per heavy atom. The van der Waals surface area contributed by atoms with Crippen molar-refractivity contribution < 1.29 is 17.9 Å². The summed E-state index contributed by atoms with van der Waals surface area (Å²) in [5, 5.41) is 6.11. The number of rotatable bonds is 5. The SMILES string of the molecule is COc1ccc(-n2c3c(cc(-c4ccc5ncccc5c4)c2=O)C=NC(NCC(F)(F)F)N3)cc1. The van der Waals surface area contributed by atoms with E-state index < -0.39 is 19.0 Å². The molecule has 0 radical (unpaired) electrons. The summed E-state index contributed by atoms with van der Waals surface area (Å²) in [6.07, 6.45) is -2.29. The molecule has 0 spiro atoms. The average Bonchev–Trinajstić information content (AvgIpc) is 2.86. The second-order valence-corrected chi connectivity index (χ2v) is 7.93. The number of anilines is 1. The minimum atomic E-state index is -4.40. The van der Waals surface area contributed by atoms with E-state index >= 15 is 0 Å². The predicted octanol–water partition coefficient (Wildman–Crippen LogP) is 4.34. The number of aliphatic imine (C=N–C) groups is 1. The Kier molecular flexibility index (Phi) is 5.73. The minimum absolute atomic E-state index is 0.334. The van der Waals surface area contributed by atoms with Crippen LogP contribution in [0.25, 0.3) is 27.7 Å². The van der Waals surface area contributed by atoms with Crippen LogP contribution >= 0.6 is 0 Å². The van der Waals surface area contributed by atoms with Crippen LogP contribution in [-0.2, 0) is 0 Å². The fraction of sp³-hybridized carbons (Fsp3) is 0.160. The number of hydrogen-bond acceptors (Lipinski definition) is 6. The molecule has 35 heavy (non-hydrogen) atoms. The van der Waals surface area contributed by atoms with Gasteiger partial charge in [-0.2, -0.15) is 13.2 Å². The van der Waals surface area contributed by atoms with Gasteiger partial charge in [0.15, 0.2) is 6.29 Å². The van der Waals surface area contributed by atoms with Gasteiger partial charge in [-0.25, -0.2) is 0 Å². The number of alkyl halides is 3. The van der Waals surface area contributed by atoms with E-state index in [0.717, 1.165) is 10.9 Å². The quantitative estimate of drug-likeness (QED) is 0.445. The molecule has 2 N–H and O–H groups in total. The van der Waals surface area contributed by atoms with Gasteiger partial charge in [-0.1, -0.05) is 12.1 Å². The van der Waals surface area contributed by atoms with Crippen molar-refractivity contribution in [2.75, 3.05) is 19.0 Å². The highest BCUT2D eigenvalue weighted by molar-refractivity contribution is 5.92. The Labute approximate surface area is 197 Å². The molecule has 1 unspecified atom stereocenters. The summed E-state index contributed by atoms with van der Waals surface area (Å²) in [7, 11) is 1.53. The maximum absolute atomic E-state index is 13.8. The Balaban J connectivity index is 1.65. The largest absolute Gasteiger partial charge is 0.497 e. The van der Waals surface area contributed by atoms with Gasteiger partial charge in [-0.05, 0) is 54.1 Å².